The standard InChI is InChI=1S/C17H20N2O5/c1-2-3-4-5-6-7-9-17(11-13(21)14(12-20)24-17)19-10-8-15(22)18-16(19)23/h1,8,10,13-14,20-21H,3-6,11-12H2,(H,18,22,23)/t13-,14+,17+/m0/s1. The number of aliphatic hydroxyl groups is 2. The van der Waals surface area contributed by atoms with E-state index in [4.69, 9.17) is 11.2 Å². The van der Waals surface area contributed by atoms with Gasteiger partial charge in [-0.2, -0.15) is 0 Å². The van der Waals surface area contributed by atoms with Crippen molar-refractivity contribution in [2.45, 2.75) is 50.0 Å². The Hall–Kier alpha value is -2.32. The second-order valence-electron chi connectivity index (χ2n) is 5.59. The summed E-state index contributed by atoms with van der Waals surface area (Å²) in [6, 6.07) is 1.18. The second kappa shape index (κ2) is 7.98. The van der Waals surface area contributed by atoms with Crippen LogP contribution in [0.5, 0.6) is 0 Å². The Morgan fingerprint density at radius 3 is 2.79 bits per heavy atom. The highest BCUT2D eigenvalue weighted by Crippen LogP contribution is 2.33. The Kier molecular flexibility index (Phi) is 5.99. The molecule has 0 aromatic carbocycles. The van der Waals surface area contributed by atoms with Crippen LogP contribution in [0.4, 0.5) is 0 Å². The lowest BCUT2D eigenvalue weighted by Crippen LogP contribution is -2.43. The third kappa shape index (κ3) is 3.95. The minimum absolute atomic E-state index is 0.0154. The van der Waals surface area contributed by atoms with Crippen molar-refractivity contribution in [3.8, 4) is 24.2 Å². The van der Waals surface area contributed by atoms with Gasteiger partial charge < -0.3 is 14.9 Å². The Morgan fingerprint density at radius 2 is 2.17 bits per heavy atom. The largest absolute Gasteiger partial charge is 0.394 e. The van der Waals surface area contributed by atoms with Gasteiger partial charge in [0.1, 0.15) is 6.10 Å². The van der Waals surface area contributed by atoms with Gasteiger partial charge in [0.2, 0.25) is 5.72 Å². The first-order chi connectivity index (χ1) is 11.5. The van der Waals surface area contributed by atoms with Crippen LogP contribution in [0.1, 0.15) is 32.1 Å². The minimum atomic E-state index is -1.42. The summed E-state index contributed by atoms with van der Waals surface area (Å²) in [6.07, 6.45) is 7.56. The summed E-state index contributed by atoms with van der Waals surface area (Å²) in [5.41, 5.74) is -2.64. The quantitative estimate of drug-likeness (QED) is 0.499. The van der Waals surface area contributed by atoms with Crippen LogP contribution < -0.4 is 11.2 Å². The summed E-state index contributed by atoms with van der Waals surface area (Å²) in [5.74, 6) is 8.39. The molecule has 1 saturated heterocycles. The molecule has 1 aliphatic rings. The maximum Gasteiger partial charge on any atom is 0.331 e. The molecule has 0 aliphatic carbocycles. The second-order valence-corrected chi connectivity index (χ2v) is 5.59. The number of terminal acetylenes is 1. The normalized spacial score (nSPS) is 25.7. The lowest BCUT2D eigenvalue weighted by Gasteiger charge is -2.25. The topological polar surface area (TPSA) is 105 Å². The highest BCUT2D eigenvalue weighted by Gasteiger charge is 2.47. The Bertz CT molecular complexity index is 779. The molecule has 128 valence electrons. The van der Waals surface area contributed by atoms with E-state index in [1.807, 2.05) is 0 Å². The van der Waals surface area contributed by atoms with Gasteiger partial charge in [-0.15, -0.1) is 12.3 Å². The molecule has 2 rings (SSSR count). The van der Waals surface area contributed by atoms with Gasteiger partial charge in [0.25, 0.3) is 5.56 Å². The minimum Gasteiger partial charge on any atom is -0.394 e. The van der Waals surface area contributed by atoms with Crippen LogP contribution in [-0.4, -0.2) is 38.6 Å². The van der Waals surface area contributed by atoms with Crippen molar-refractivity contribution in [1.82, 2.24) is 9.55 Å². The molecule has 0 bridgehead atoms. The number of hydrogen-bond donors (Lipinski definition) is 3. The van der Waals surface area contributed by atoms with Crippen LogP contribution in [0.15, 0.2) is 21.9 Å². The molecule has 1 fully saturated rings. The van der Waals surface area contributed by atoms with Crippen molar-refractivity contribution in [2.75, 3.05) is 6.61 Å². The number of aromatic amines is 1. The molecular weight excluding hydrogens is 312 g/mol. The van der Waals surface area contributed by atoms with Crippen LogP contribution in [-0.2, 0) is 10.5 Å². The number of aromatic nitrogens is 2. The van der Waals surface area contributed by atoms with E-state index in [1.165, 1.54) is 12.3 Å². The van der Waals surface area contributed by atoms with E-state index in [-0.39, 0.29) is 6.42 Å². The van der Waals surface area contributed by atoms with Gasteiger partial charge >= 0.3 is 5.69 Å². The summed E-state index contributed by atoms with van der Waals surface area (Å²) in [4.78, 5) is 25.5. The summed E-state index contributed by atoms with van der Waals surface area (Å²) >= 11 is 0. The molecule has 7 nitrogen and oxygen atoms in total. The first kappa shape index (κ1) is 18.0. The van der Waals surface area contributed by atoms with Crippen molar-refractivity contribution in [3.05, 3.63) is 33.1 Å². The fourth-order valence-electron chi connectivity index (χ4n) is 2.59. The molecule has 3 atom stereocenters. The van der Waals surface area contributed by atoms with E-state index in [2.05, 4.69) is 22.7 Å². The molecule has 24 heavy (non-hydrogen) atoms. The number of rotatable bonds is 5. The number of H-pyrrole nitrogens is 1. The van der Waals surface area contributed by atoms with Crippen molar-refractivity contribution >= 4 is 0 Å². The molecule has 0 unspecified atom stereocenters. The van der Waals surface area contributed by atoms with Crippen LogP contribution in [0.3, 0.4) is 0 Å². The molecule has 0 saturated carbocycles. The average Bonchev–Trinajstić information content (AvgIpc) is 2.87. The smallest absolute Gasteiger partial charge is 0.331 e. The third-order valence-corrected chi connectivity index (χ3v) is 3.81. The van der Waals surface area contributed by atoms with Gasteiger partial charge in [-0.1, -0.05) is 5.92 Å². The maximum atomic E-state index is 12.1. The zero-order valence-electron chi connectivity index (χ0n) is 13.2. The molecular formula is C17H20N2O5. The highest BCUT2D eigenvalue weighted by molar-refractivity contribution is 5.16. The maximum absolute atomic E-state index is 12.1. The molecule has 1 aliphatic heterocycles. The number of nitrogens with zero attached hydrogens (tertiary/aromatic N) is 1. The lowest BCUT2D eigenvalue weighted by atomic mass is 10.1. The molecule has 7 heteroatoms. The number of ether oxygens (including phenoxy) is 1. The first-order valence-electron chi connectivity index (χ1n) is 7.75. The molecule has 0 radical (unpaired) electrons. The Labute approximate surface area is 139 Å². The number of unbranched alkanes of at least 4 members (excludes halogenated alkanes) is 3. The zero-order valence-corrected chi connectivity index (χ0v) is 13.2. The molecule has 1 aromatic heterocycles. The van der Waals surface area contributed by atoms with Crippen molar-refractivity contribution in [2.24, 2.45) is 0 Å². The molecule has 2 heterocycles. The predicted molar refractivity (Wildman–Crippen MR) is 87.0 cm³/mol. The highest BCUT2D eigenvalue weighted by atomic mass is 16.6. The fourth-order valence-corrected chi connectivity index (χ4v) is 2.59. The van der Waals surface area contributed by atoms with Crippen LogP contribution in [0.2, 0.25) is 0 Å². The summed E-state index contributed by atoms with van der Waals surface area (Å²) in [7, 11) is 0. The number of nitrogens with one attached hydrogen (secondary N) is 1. The number of hydrogen-bond acceptors (Lipinski definition) is 5. The summed E-state index contributed by atoms with van der Waals surface area (Å²) in [5, 5.41) is 19.3. The average molecular weight is 332 g/mol. The molecule has 3 N–H and O–H groups in total. The van der Waals surface area contributed by atoms with Crippen LogP contribution in [0, 0.1) is 24.2 Å². The molecule has 1 aromatic rings. The lowest BCUT2D eigenvalue weighted by molar-refractivity contribution is -0.0837. The predicted octanol–water partition coefficient (Wildman–Crippen LogP) is -0.472. The molecule has 0 spiro atoms. The van der Waals surface area contributed by atoms with Crippen molar-refractivity contribution < 1.29 is 14.9 Å². The van der Waals surface area contributed by atoms with Crippen LogP contribution >= 0.6 is 0 Å². The van der Waals surface area contributed by atoms with Crippen LogP contribution in [0.25, 0.3) is 0 Å². The number of aliphatic hydroxyl groups excluding tert-OH is 2. The summed E-state index contributed by atoms with van der Waals surface area (Å²) in [6.45, 7) is -0.398. The van der Waals surface area contributed by atoms with Gasteiger partial charge in [0.05, 0.1) is 12.7 Å². The van der Waals surface area contributed by atoms with E-state index in [9.17, 15) is 19.8 Å². The fraction of sp³-hybridized carbons (Fsp3) is 0.529. The SMILES string of the molecule is C#CCCCCC#C[C@]1(n2ccc(=O)[nH]c2=O)C[C@H](O)[C@@H](CO)O1. The van der Waals surface area contributed by atoms with Gasteiger partial charge in [0, 0.05) is 31.5 Å². The van der Waals surface area contributed by atoms with E-state index in [1.54, 1.807) is 0 Å². The van der Waals surface area contributed by atoms with E-state index >= 15 is 0 Å². The van der Waals surface area contributed by atoms with E-state index in [0.717, 1.165) is 17.4 Å². The van der Waals surface area contributed by atoms with E-state index < -0.39 is 35.8 Å². The summed E-state index contributed by atoms with van der Waals surface area (Å²) < 4.78 is 6.82. The Morgan fingerprint density at radius 1 is 1.42 bits per heavy atom. The van der Waals surface area contributed by atoms with Crippen molar-refractivity contribution in [3.63, 3.8) is 0 Å². The molecule has 0 amide bonds. The van der Waals surface area contributed by atoms with E-state index in [0.29, 0.717) is 12.8 Å². The van der Waals surface area contributed by atoms with Gasteiger partial charge in [-0.3, -0.25) is 14.3 Å². The zero-order chi connectivity index (χ0) is 17.6. The van der Waals surface area contributed by atoms with Gasteiger partial charge in [-0.25, -0.2) is 4.79 Å². The Balaban J connectivity index is 2.30. The van der Waals surface area contributed by atoms with Gasteiger partial charge in [-0.05, 0) is 18.8 Å². The first-order valence-corrected chi connectivity index (χ1v) is 7.75. The monoisotopic (exact) mass is 332 g/mol. The van der Waals surface area contributed by atoms with Crippen molar-refractivity contribution in [1.29, 1.82) is 0 Å². The third-order valence-electron chi connectivity index (χ3n) is 3.81. The van der Waals surface area contributed by atoms with Gasteiger partial charge in [0.15, 0.2) is 0 Å².